The van der Waals surface area contributed by atoms with Crippen LogP contribution in [0.3, 0.4) is 0 Å². The third-order valence-electron chi connectivity index (χ3n) is 7.61. The fourth-order valence-corrected chi connectivity index (χ4v) is 5.27. The van der Waals surface area contributed by atoms with Crippen molar-refractivity contribution in [3.05, 3.63) is 93.5 Å². The molecule has 0 unspecified atom stereocenters. The molecule has 12 heteroatoms. The molecule has 2 aromatic heterocycles. The standard InChI is InChI=1S/C34H30N4O8/c1-41-21-11-7-19(8-12-21)37-31(35-25-17-29(45-5)27(43-3)15-23(25)33(37)39)32-36-26-18-30(46-6)28(44-4)16-24(26)34(40)38(32)20-9-13-22(42-2)14-10-20/h7-18H,1-6H3. The van der Waals surface area contributed by atoms with Gasteiger partial charge in [-0.3, -0.25) is 18.7 Å². The quantitative estimate of drug-likeness (QED) is 0.222. The summed E-state index contributed by atoms with van der Waals surface area (Å²) in [7, 11) is 9.08. The molecular formula is C34H30N4O8. The highest BCUT2D eigenvalue weighted by atomic mass is 16.5. The molecule has 46 heavy (non-hydrogen) atoms. The van der Waals surface area contributed by atoms with Crippen LogP contribution >= 0.6 is 0 Å². The summed E-state index contributed by atoms with van der Waals surface area (Å²) in [6.45, 7) is 0. The fraction of sp³-hybridized carbons (Fsp3) is 0.176. The van der Waals surface area contributed by atoms with Crippen molar-refractivity contribution in [3.63, 3.8) is 0 Å². The number of aromatic nitrogens is 4. The molecule has 234 valence electrons. The van der Waals surface area contributed by atoms with Crippen LogP contribution in [-0.4, -0.2) is 61.8 Å². The van der Waals surface area contributed by atoms with E-state index in [1.165, 1.54) is 37.6 Å². The predicted octanol–water partition coefficient (Wildman–Crippen LogP) is 4.80. The summed E-state index contributed by atoms with van der Waals surface area (Å²) in [5, 5.41) is 0.533. The lowest BCUT2D eigenvalue weighted by molar-refractivity contribution is 0.355. The minimum absolute atomic E-state index is 0.0967. The molecule has 2 heterocycles. The summed E-state index contributed by atoms with van der Waals surface area (Å²) >= 11 is 0. The van der Waals surface area contributed by atoms with Gasteiger partial charge in [0.25, 0.3) is 11.1 Å². The molecule has 0 N–H and O–H groups in total. The molecule has 0 saturated heterocycles. The Morgan fingerprint density at radius 3 is 1.09 bits per heavy atom. The van der Waals surface area contributed by atoms with Crippen molar-refractivity contribution in [3.8, 4) is 57.5 Å². The second-order valence-corrected chi connectivity index (χ2v) is 10.00. The van der Waals surface area contributed by atoms with Crippen LogP contribution in [0.15, 0.2) is 82.4 Å². The van der Waals surface area contributed by atoms with Crippen molar-refractivity contribution >= 4 is 21.8 Å². The molecule has 0 aliphatic heterocycles. The summed E-state index contributed by atoms with van der Waals surface area (Å²) in [6, 6.07) is 20.2. The Morgan fingerprint density at radius 2 is 0.783 bits per heavy atom. The highest BCUT2D eigenvalue weighted by Crippen LogP contribution is 2.34. The van der Waals surface area contributed by atoms with Gasteiger partial charge in [-0.2, -0.15) is 0 Å². The number of fused-ring (bicyclic) bond motifs is 2. The average Bonchev–Trinajstić information content (AvgIpc) is 3.10. The van der Waals surface area contributed by atoms with Gasteiger partial charge in [-0.25, -0.2) is 9.97 Å². The maximum Gasteiger partial charge on any atom is 0.266 e. The van der Waals surface area contributed by atoms with Crippen molar-refractivity contribution in [2.75, 3.05) is 42.7 Å². The zero-order valence-corrected chi connectivity index (χ0v) is 26.0. The third kappa shape index (κ3) is 4.99. The van der Waals surface area contributed by atoms with Crippen LogP contribution < -0.4 is 39.5 Å². The van der Waals surface area contributed by atoms with Crippen LogP contribution in [-0.2, 0) is 0 Å². The van der Waals surface area contributed by atoms with Crippen LogP contribution in [0.5, 0.6) is 34.5 Å². The highest BCUT2D eigenvalue weighted by molar-refractivity contribution is 5.86. The zero-order chi connectivity index (χ0) is 32.5. The van der Waals surface area contributed by atoms with E-state index in [2.05, 4.69) is 0 Å². The first kappa shape index (κ1) is 30.0. The fourth-order valence-electron chi connectivity index (χ4n) is 5.27. The van der Waals surface area contributed by atoms with Crippen LogP contribution in [0.4, 0.5) is 0 Å². The molecule has 6 aromatic rings. The first-order chi connectivity index (χ1) is 22.3. The van der Waals surface area contributed by atoms with Crippen molar-refractivity contribution in [2.24, 2.45) is 0 Å². The van der Waals surface area contributed by atoms with Gasteiger partial charge in [0.1, 0.15) is 11.5 Å². The third-order valence-corrected chi connectivity index (χ3v) is 7.61. The second kappa shape index (κ2) is 12.2. The van der Waals surface area contributed by atoms with Crippen molar-refractivity contribution in [1.82, 2.24) is 19.1 Å². The molecule has 0 spiro atoms. The molecule has 0 amide bonds. The monoisotopic (exact) mass is 622 g/mol. The van der Waals surface area contributed by atoms with Crippen LogP contribution in [0.25, 0.3) is 44.8 Å². The molecule has 0 saturated carbocycles. The molecule has 6 rings (SSSR count). The second-order valence-electron chi connectivity index (χ2n) is 10.00. The maximum absolute atomic E-state index is 14.4. The number of methoxy groups -OCH3 is 6. The Morgan fingerprint density at radius 1 is 0.457 bits per heavy atom. The van der Waals surface area contributed by atoms with E-state index in [9.17, 15) is 9.59 Å². The number of hydrogen-bond donors (Lipinski definition) is 0. The lowest BCUT2D eigenvalue weighted by Crippen LogP contribution is -2.27. The van der Waals surface area contributed by atoms with E-state index in [1.54, 1.807) is 87.0 Å². The van der Waals surface area contributed by atoms with Crippen molar-refractivity contribution in [2.45, 2.75) is 0 Å². The summed E-state index contributed by atoms with van der Waals surface area (Å²) in [5.74, 6) is 2.87. The van der Waals surface area contributed by atoms with E-state index >= 15 is 0 Å². The van der Waals surface area contributed by atoms with E-state index < -0.39 is 11.1 Å². The minimum Gasteiger partial charge on any atom is -0.497 e. The Kier molecular flexibility index (Phi) is 7.93. The Balaban J connectivity index is 1.79. The number of nitrogens with zero attached hydrogens (tertiary/aromatic N) is 4. The first-order valence-electron chi connectivity index (χ1n) is 14.0. The van der Waals surface area contributed by atoms with Gasteiger partial charge in [0.2, 0.25) is 0 Å². The van der Waals surface area contributed by atoms with Gasteiger partial charge in [-0.05, 0) is 60.7 Å². The summed E-state index contributed by atoms with van der Waals surface area (Å²) in [4.78, 5) is 38.8. The van der Waals surface area contributed by atoms with Crippen molar-refractivity contribution in [1.29, 1.82) is 0 Å². The summed E-state index contributed by atoms with van der Waals surface area (Å²) in [6.07, 6.45) is 0. The lowest BCUT2D eigenvalue weighted by Gasteiger charge is -2.19. The van der Waals surface area contributed by atoms with E-state index in [-0.39, 0.29) is 22.4 Å². The minimum atomic E-state index is -0.422. The first-order valence-corrected chi connectivity index (χ1v) is 14.0. The van der Waals surface area contributed by atoms with E-state index in [1.807, 2.05) is 0 Å². The van der Waals surface area contributed by atoms with Gasteiger partial charge in [0.15, 0.2) is 34.6 Å². The molecule has 0 radical (unpaired) electrons. The van der Waals surface area contributed by atoms with Gasteiger partial charge < -0.3 is 28.4 Å². The van der Waals surface area contributed by atoms with Gasteiger partial charge >= 0.3 is 0 Å². The molecule has 0 aliphatic carbocycles. The SMILES string of the molecule is COc1ccc(-n2c(-c3nc4cc(OC)c(OC)cc4c(=O)n3-c3ccc(OC)cc3)nc3cc(OC)c(OC)cc3c2=O)cc1. The summed E-state index contributed by atoms with van der Waals surface area (Å²) < 4.78 is 35.5. The molecular weight excluding hydrogens is 592 g/mol. The van der Waals surface area contributed by atoms with E-state index in [0.717, 1.165) is 0 Å². The molecule has 4 aromatic carbocycles. The van der Waals surface area contributed by atoms with Gasteiger partial charge in [-0.1, -0.05) is 0 Å². The largest absolute Gasteiger partial charge is 0.497 e. The molecule has 0 bridgehead atoms. The van der Waals surface area contributed by atoms with E-state index in [4.69, 9.17) is 38.4 Å². The number of hydrogen-bond acceptors (Lipinski definition) is 10. The number of rotatable bonds is 9. The van der Waals surface area contributed by atoms with Crippen molar-refractivity contribution < 1.29 is 28.4 Å². The van der Waals surface area contributed by atoms with Crippen LogP contribution in [0.2, 0.25) is 0 Å². The van der Waals surface area contributed by atoms with Gasteiger partial charge in [0.05, 0.1) is 75.8 Å². The van der Waals surface area contributed by atoms with Gasteiger partial charge in [-0.15, -0.1) is 0 Å². The zero-order valence-electron chi connectivity index (χ0n) is 26.0. The molecule has 12 nitrogen and oxygen atoms in total. The van der Waals surface area contributed by atoms with Crippen LogP contribution in [0, 0.1) is 0 Å². The van der Waals surface area contributed by atoms with E-state index in [0.29, 0.717) is 56.9 Å². The molecule has 0 atom stereocenters. The maximum atomic E-state index is 14.4. The number of ether oxygens (including phenoxy) is 6. The molecule has 0 fully saturated rings. The topological polar surface area (TPSA) is 125 Å². The van der Waals surface area contributed by atoms with Gasteiger partial charge in [0, 0.05) is 12.1 Å². The normalized spacial score (nSPS) is 11.0. The Hall–Kier alpha value is -6.04. The predicted molar refractivity (Wildman–Crippen MR) is 173 cm³/mol. The number of benzene rings is 4. The van der Waals surface area contributed by atoms with Crippen LogP contribution in [0.1, 0.15) is 0 Å². The molecule has 0 aliphatic rings. The lowest BCUT2D eigenvalue weighted by atomic mass is 10.1. The highest BCUT2D eigenvalue weighted by Gasteiger charge is 2.24. The average molecular weight is 623 g/mol. The summed E-state index contributed by atoms with van der Waals surface area (Å²) in [5.41, 5.74) is 0.708. The Bertz CT molecular complexity index is 2050. The smallest absolute Gasteiger partial charge is 0.266 e. The Labute approximate surface area is 262 Å².